The highest BCUT2D eigenvalue weighted by molar-refractivity contribution is 7.51. The van der Waals surface area contributed by atoms with Crippen molar-refractivity contribution in [2.75, 3.05) is 12.3 Å². The van der Waals surface area contributed by atoms with Crippen molar-refractivity contribution in [3.8, 4) is 0 Å². The number of rotatable bonds is 6. The Bertz CT molecular complexity index is 1050. The third kappa shape index (κ3) is 4.14. The lowest BCUT2D eigenvalue weighted by atomic mass is 10.1. The fraction of sp³-hybridized carbons (Fsp3) is 0.625. The van der Waals surface area contributed by atoms with Gasteiger partial charge in [0.2, 0.25) is 0 Å². The molecule has 2 aromatic heterocycles. The number of aromatic nitrogens is 4. The zero-order chi connectivity index (χ0) is 22.5. The van der Waals surface area contributed by atoms with E-state index in [1.165, 1.54) is 10.9 Å². The van der Waals surface area contributed by atoms with Gasteiger partial charge in [-0.1, -0.05) is 13.8 Å². The summed E-state index contributed by atoms with van der Waals surface area (Å²) in [5, 5.41) is 22.6. The number of nitrogens with two attached hydrogens (primary N) is 1. The van der Waals surface area contributed by atoms with Crippen molar-refractivity contribution in [3.63, 3.8) is 0 Å². The van der Waals surface area contributed by atoms with Crippen LogP contribution in [0.1, 0.15) is 26.5 Å². The largest absolute Gasteiger partial charge is 0.480 e. The highest BCUT2D eigenvalue weighted by atomic mass is 31.2. The van der Waals surface area contributed by atoms with E-state index in [0.29, 0.717) is 0 Å². The smallest absolute Gasteiger partial charge is 0.406 e. The number of hydrogen-bond acceptors (Lipinski definition) is 10. The first-order valence-corrected chi connectivity index (χ1v) is 11.0. The summed E-state index contributed by atoms with van der Waals surface area (Å²) >= 11 is 0. The van der Waals surface area contributed by atoms with Gasteiger partial charge in [-0.3, -0.25) is 18.4 Å². The number of ether oxygens (including phenoxy) is 1. The van der Waals surface area contributed by atoms with Gasteiger partial charge in [-0.25, -0.2) is 14.6 Å². The summed E-state index contributed by atoms with van der Waals surface area (Å²) in [6.45, 7) is 3.41. The molecule has 0 radical (unpaired) electrons. The minimum atomic E-state index is -4.06. The predicted molar refractivity (Wildman–Crippen MR) is 102 cm³/mol. The molecule has 0 amide bonds. The Hall–Kier alpha value is -2.22. The molecule has 0 aromatic carbocycles. The second-order valence-corrected chi connectivity index (χ2v) is 9.49. The Morgan fingerprint density at radius 3 is 2.90 bits per heavy atom. The zero-order valence-corrected chi connectivity index (χ0v) is 17.5. The van der Waals surface area contributed by atoms with Crippen LogP contribution in [0.5, 0.6) is 0 Å². The van der Waals surface area contributed by atoms with Gasteiger partial charge >= 0.3 is 19.8 Å². The van der Waals surface area contributed by atoms with E-state index in [-0.39, 0.29) is 35.9 Å². The summed E-state index contributed by atoms with van der Waals surface area (Å²) in [4.78, 5) is 22.6. The molecule has 1 unspecified atom stereocenters. The van der Waals surface area contributed by atoms with Gasteiger partial charge in [0.05, 0.1) is 12.9 Å². The molecule has 2 aliphatic rings. The van der Waals surface area contributed by atoms with Crippen molar-refractivity contribution in [1.29, 1.82) is 0 Å². The molecule has 4 rings (SSSR count). The van der Waals surface area contributed by atoms with Crippen molar-refractivity contribution in [3.05, 3.63) is 12.4 Å². The van der Waals surface area contributed by atoms with Crippen LogP contribution < -0.4 is 10.8 Å². The van der Waals surface area contributed by atoms with Crippen LogP contribution >= 0.6 is 7.75 Å². The van der Waals surface area contributed by atoms with Crippen molar-refractivity contribution in [2.24, 2.45) is 5.92 Å². The number of carbonyl (C=O) groups is 1. The minimum Gasteiger partial charge on any atom is -0.480 e. The predicted octanol–water partition coefficient (Wildman–Crippen LogP) is 0.418. The number of aliphatic hydroxyl groups excluding tert-OH is 1. The molecule has 2 aromatic rings. The van der Waals surface area contributed by atoms with E-state index in [1.807, 2.05) is 13.8 Å². The van der Waals surface area contributed by atoms with E-state index in [4.69, 9.17) is 19.5 Å². The molecule has 2 fully saturated rings. The second-order valence-electron chi connectivity index (χ2n) is 7.77. The van der Waals surface area contributed by atoms with Crippen molar-refractivity contribution >= 4 is 30.7 Å². The molecule has 15 heteroatoms. The number of carboxylic acid groups (broad SMARTS) is 1. The van der Waals surface area contributed by atoms with Crippen LogP contribution in [0.4, 0.5) is 10.2 Å². The highest BCUT2D eigenvalue weighted by Gasteiger charge is 2.53. The normalized spacial score (nSPS) is 31.8. The Balaban J connectivity index is 1.56. The number of imidazole rings is 1. The monoisotopic (exact) mass is 460 g/mol. The maximum Gasteiger partial charge on any atom is 0.406 e. The van der Waals surface area contributed by atoms with Crippen LogP contribution in [0.3, 0.4) is 0 Å². The number of aliphatic carboxylic acids is 1. The van der Waals surface area contributed by atoms with Gasteiger partial charge in [-0.2, -0.15) is 14.4 Å². The number of carboxylic acids is 1. The van der Waals surface area contributed by atoms with Gasteiger partial charge in [0.1, 0.15) is 24.4 Å². The van der Waals surface area contributed by atoms with E-state index in [0.717, 1.165) is 0 Å². The Morgan fingerprint density at radius 2 is 2.23 bits per heavy atom. The molecule has 2 saturated heterocycles. The van der Waals surface area contributed by atoms with Gasteiger partial charge in [-0.05, 0) is 12.3 Å². The molecule has 31 heavy (non-hydrogen) atoms. The lowest BCUT2D eigenvalue weighted by Crippen LogP contribution is -2.44. The Kier molecular flexibility index (Phi) is 5.70. The molecule has 4 heterocycles. The first kappa shape index (κ1) is 22.0. The first-order chi connectivity index (χ1) is 14.6. The van der Waals surface area contributed by atoms with Crippen LogP contribution in [-0.4, -0.2) is 66.7 Å². The molecule has 0 aliphatic carbocycles. The zero-order valence-electron chi connectivity index (χ0n) is 16.6. The van der Waals surface area contributed by atoms with Gasteiger partial charge < -0.3 is 20.7 Å². The van der Waals surface area contributed by atoms with Crippen LogP contribution in [0.25, 0.3) is 11.2 Å². The van der Waals surface area contributed by atoms with Gasteiger partial charge in [-0.15, -0.1) is 0 Å². The summed E-state index contributed by atoms with van der Waals surface area (Å²) in [5.74, 6) is -1.38. The fourth-order valence-electron chi connectivity index (χ4n) is 3.61. The summed E-state index contributed by atoms with van der Waals surface area (Å²) in [7, 11) is -4.06. The molecule has 5 N–H and O–H groups in total. The number of anilines is 1. The molecular weight excluding hydrogens is 438 g/mol. The standard InChI is InChI=1S/C16H22FN6O7P/c1-6(2)3-7(15(25)26)22-31(27)28-4-8-11(30-31)10(24)14(29-8)23-5-19-9-12(18)20-16(17)21-13(9)23/h5-8,10-11,14,24H,3-4H2,1-2H3,(H,22,27)(H,25,26)(H2,18,20,21)/t7-,8+,10-,11+,14+,31?/m0/s1. The van der Waals surface area contributed by atoms with Crippen LogP contribution in [0, 0.1) is 12.0 Å². The van der Waals surface area contributed by atoms with Crippen LogP contribution in [-0.2, 0) is 23.1 Å². The second kappa shape index (κ2) is 8.04. The fourth-order valence-corrected chi connectivity index (χ4v) is 5.33. The topological polar surface area (TPSA) is 184 Å². The maximum absolute atomic E-state index is 13.6. The molecular formula is C16H22FN6O7P. The number of nitrogen functional groups attached to an aromatic ring is 1. The van der Waals surface area contributed by atoms with E-state index >= 15 is 0 Å². The van der Waals surface area contributed by atoms with Gasteiger partial charge in [0.25, 0.3) is 0 Å². The number of aliphatic hydroxyl groups is 1. The summed E-state index contributed by atoms with van der Waals surface area (Å²) < 4.78 is 44.4. The first-order valence-electron chi connectivity index (χ1n) is 9.50. The molecule has 0 spiro atoms. The third-order valence-corrected chi connectivity index (χ3v) is 6.63. The third-order valence-electron chi connectivity index (χ3n) is 4.99. The maximum atomic E-state index is 13.6. The van der Waals surface area contributed by atoms with E-state index < -0.39 is 50.4 Å². The molecule has 13 nitrogen and oxygen atoms in total. The number of fused-ring (bicyclic) bond motifs is 2. The lowest BCUT2D eigenvalue weighted by Gasteiger charge is -2.33. The van der Waals surface area contributed by atoms with E-state index in [1.54, 1.807) is 0 Å². The highest BCUT2D eigenvalue weighted by Crippen LogP contribution is 2.53. The van der Waals surface area contributed by atoms with E-state index in [2.05, 4.69) is 20.0 Å². The molecule has 0 bridgehead atoms. The van der Waals surface area contributed by atoms with Gasteiger partial charge in [0, 0.05) is 0 Å². The number of nitrogens with one attached hydrogen (secondary N) is 1. The summed E-state index contributed by atoms with van der Waals surface area (Å²) in [5.41, 5.74) is 5.77. The Labute approximate surface area is 175 Å². The van der Waals surface area contributed by atoms with Crippen LogP contribution in [0.2, 0.25) is 0 Å². The average Bonchev–Trinajstić information content (AvgIpc) is 3.22. The lowest BCUT2D eigenvalue weighted by molar-refractivity contribution is -0.139. The molecule has 0 saturated carbocycles. The SMILES string of the molecule is CC(C)C[C@H](NP1(=O)OC[C@H]2O[C@@H](n3cnc4c(N)nc(F)nc43)[C@@H](O)[C@@H]2O1)C(=O)O. The number of nitrogens with zero attached hydrogens (tertiary/aromatic N) is 4. The molecule has 6 atom stereocenters. The summed E-state index contributed by atoms with van der Waals surface area (Å²) in [6, 6.07) is -1.17. The average molecular weight is 460 g/mol. The van der Waals surface area contributed by atoms with Gasteiger partial charge in [0.15, 0.2) is 23.2 Å². The number of hydrogen-bond donors (Lipinski definition) is 4. The number of halogens is 1. The van der Waals surface area contributed by atoms with E-state index in [9.17, 15) is 24.0 Å². The Morgan fingerprint density at radius 1 is 1.48 bits per heavy atom. The van der Waals surface area contributed by atoms with Crippen LogP contribution in [0.15, 0.2) is 6.33 Å². The quantitative estimate of drug-likeness (QED) is 0.345. The minimum absolute atomic E-state index is 0.00204. The van der Waals surface area contributed by atoms with Crippen molar-refractivity contribution in [1.82, 2.24) is 24.6 Å². The molecule has 170 valence electrons. The van der Waals surface area contributed by atoms with Crippen molar-refractivity contribution < 1.29 is 37.7 Å². The summed E-state index contributed by atoms with van der Waals surface area (Å²) in [6.07, 6.45) is -4.04. The van der Waals surface area contributed by atoms with Crippen molar-refractivity contribution in [2.45, 2.75) is 50.8 Å². The molecule has 2 aliphatic heterocycles.